The molecule has 1 fully saturated rings. The second-order valence-corrected chi connectivity index (χ2v) is 6.13. The monoisotopic (exact) mass is 289 g/mol. The van der Waals surface area contributed by atoms with Crippen LogP contribution in [-0.2, 0) is 6.18 Å². The lowest BCUT2D eigenvalue weighted by atomic mass is 10.0. The lowest BCUT2D eigenvalue weighted by molar-refractivity contribution is -0.137. The van der Waals surface area contributed by atoms with Gasteiger partial charge < -0.3 is 5.32 Å². The maximum atomic E-state index is 12.6. The van der Waals surface area contributed by atoms with Crippen LogP contribution < -0.4 is 5.32 Å². The van der Waals surface area contributed by atoms with Crippen molar-refractivity contribution in [1.82, 2.24) is 5.32 Å². The fraction of sp³-hybridized carbons (Fsp3) is 0.571. The molecule has 0 amide bonds. The molecule has 5 heteroatoms. The van der Waals surface area contributed by atoms with Crippen LogP contribution in [0, 0.1) is 5.92 Å². The van der Waals surface area contributed by atoms with Gasteiger partial charge in [0.05, 0.1) is 5.56 Å². The molecule has 1 aromatic carbocycles. The first-order valence-electron chi connectivity index (χ1n) is 6.45. The first kappa shape index (κ1) is 14.7. The molecule has 1 aliphatic heterocycles. The normalized spacial score (nSPS) is 21.6. The van der Waals surface area contributed by atoms with Gasteiger partial charge in [0, 0.05) is 6.04 Å². The number of rotatable bonds is 4. The molecule has 0 radical (unpaired) electrons. The van der Waals surface area contributed by atoms with E-state index in [-0.39, 0.29) is 6.04 Å². The Morgan fingerprint density at radius 1 is 1.42 bits per heavy atom. The van der Waals surface area contributed by atoms with E-state index in [1.807, 2.05) is 18.7 Å². The first-order valence-corrected chi connectivity index (χ1v) is 7.60. The van der Waals surface area contributed by atoms with Crippen molar-refractivity contribution < 1.29 is 13.2 Å². The average Bonchev–Trinajstić information content (AvgIpc) is 2.88. The molecule has 0 aliphatic carbocycles. The predicted octanol–water partition coefficient (Wildman–Crippen LogP) is 4.11. The van der Waals surface area contributed by atoms with Gasteiger partial charge in [0.15, 0.2) is 0 Å². The number of hydrogen-bond acceptors (Lipinski definition) is 2. The van der Waals surface area contributed by atoms with Gasteiger partial charge in [-0.25, -0.2) is 0 Å². The van der Waals surface area contributed by atoms with Crippen LogP contribution >= 0.6 is 11.8 Å². The van der Waals surface area contributed by atoms with E-state index in [4.69, 9.17) is 0 Å². The largest absolute Gasteiger partial charge is 0.416 e. The van der Waals surface area contributed by atoms with Crippen molar-refractivity contribution in [2.45, 2.75) is 25.6 Å². The van der Waals surface area contributed by atoms with Gasteiger partial charge in [0.2, 0.25) is 0 Å². The Bertz CT molecular complexity index is 413. The molecule has 19 heavy (non-hydrogen) atoms. The van der Waals surface area contributed by atoms with E-state index in [0.717, 1.165) is 18.4 Å². The lowest BCUT2D eigenvalue weighted by Gasteiger charge is -2.18. The summed E-state index contributed by atoms with van der Waals surface area (Å²) in [5.41, 5.74) is 0.121. The third kappa shape index (κ3) is 4.14. The minimum absolute atomic E-state index is 0.0482. The van der Waals surface area contributed by atoms with Gasteiger partial charge in [-0.15, -0.1) is 0 Å². The highest BCUT2D eigenvalue weighted by molar-refractivity contribution is 7.99. The molecular weight excluding hydrogens is 271 g/mol. The summed E-state index contributed by atoms with van der Waals surface area (Å²) in [6, 6.07) is 5.52. The van der Waals surface area contributed by atoms with Crippen molar-refractivity contribution in [1.29, 1.82) is 0 Å². The standard InChI is InChI=1S/C14H18F3NS/c1-10(18-8-11-5-6-19-9-11)12-3-2-4-13(7-12)14(15,16)17/h2-4,7,10-11,18H,5-6,8-9H2,1H3. The van der Waals surface area contributed by atoms with Gasteiger partial charge >= 0.3 is 6.18 Å². The number of halogens is 3. The van der Waals surface area contributed by atoms with Gasteiger partial charge in [0.1, 0.15) is 0 Å². The zero-order valence-electron chi connectivity index (χ0n) is 10.8. The van der Waals surface area contributed by atoms with Crippen molar-refractivity contribution in [3.05, 3.63) is 35.4 Å². The van der Waals surface area contributed by atoms with Gasteiger partial charge in [0.25, 0.3) is 0 Å². The first-order chi connectivity index (χ1) is 8.97. The Morgan fingerprint density at radius 3 is 2.84 bits per heavy atom. The van der Waals surface area contributed by atoms with E-state index >= 15 is 0 Å². The number of benzene rings is 1. The molecule has 2 atom stereocenters. The maximum absolute atomic E-state index is 12.6. The van der Waals surface area contributed by atoms with Gasteiger partial charge in [-0.1, -0.05) is 12.1 Å². The molecular formula is C14H18F3NS. The maximum Gasteiger partial charge on any atom is 0.416 e. The summed E-state index contributed by atoms with van der Waals surface area (Å²) in [5.74, 6) is 3.00. The Labute approximate surface area is 116 Å². The molecule has 1 aromatic rings. The molecule has 0 saturated carbocycles. The minimum Gasteiger partial charge on any atom is -0.310 e. The highest BCUT2D eigenvalue weighted by Crippen LogP contribution is 2.31. The van der Waals surface area contributed by atoms with Gasteiger partial charge in [-0.3, -0.25) is 0 Å². The summed E-state index contributed by atoms with van der Waals surface area (Å²) in [6.45, 7) is 2.79. The molecule has 1 heterocycles. The van der Waals surface area contributed by atoms with Crippen molar-refractivity contribution in [2.75, 3.05) is 18.1 Å². The summed E-state index contributed by atoms with van der Waals surface area (Å²) in [4.78, 5) is 0. The van der Waals surface area contributed by atoms with Crippen LogP contribution in [0.4, 0.5) is 13.2 Å². The molecule has 2 rings (SSSR count). The van der Waals surface area contributed by atoms with Gasteiger partial charge in [-0.05, 0) is 55.0 Å². The summed E-state index contributed by atoms with van der Waals surface area (Å²) >= 11 is 1.95. The molecule has 0 bridgehead atoms. The number of thioether (sulfide) groups is 1. The van der Waals surface area contributed by atoms with E-state index in [1.165, 1.54) is 24.3 Å². The summed E-state index contributed by atoms with van der Waals surface area (Å²) < 4.78 is 37.9. The van der Waals surface area contributed by atoms with Crippen LogP contribution in [0.25, 0.3) is 0 Å². The van der Waals surface area contributed by atoms with E-state index in [2.05, 4.69) is 5.32 Å². The minimum atomic E-state index is -4.27. The second-order valence-electron chi connectivity index (χ2n) is 4.98. The molecule has 2 unspecified atom stereocenters. The van der Waals surface area contributed by atoms with Crippen molar-refractivity contribution in [3.63, 3.8) is 0 Å². The molecule has 1 nitrogen and oxygen atoms in total. The summed E-state index contributed by atoms with van der Waals surface area (Å²) in [7, 11) is 0. The molecule has 0 spiro atoms. The number of hydrogen-bond donors (Lipinski definition) is 1. The topological polar surface area (TPSA) is 12.0 Å². The van der Waals surface area contributed by atoms with Crippen LogP contribution in [0.3, 0.4) is 0 Å². The van der Waals surface area contributed by atoms with Crippen LogP contribution in [0.5, 0.6) is 0 Å². The fourth-order valence-corrected chi connectivity index (χ4v) is 3.47. The molecule has 1 N–H and O–H groups in total. The van der Waals surface area contributed by atoms with Crippen LogP contribution in [0.1, 0.15) is 30.5 Å². The van der Waals surface area contributed by atoms with Crippen LogP contribution in [0.2, 0.25) is 0 Å². The molecule has 1 saturated heterocycles. The second kappa shape index (κ2) is 6.18. The zero-order valence-corrected chi connectivity index (χ0v) is 11.7. The highest BCUT2D eigenvalue weighted by atomic mass is 32.2. The summed E-state index contributed by atoms with van der Waals surface area (Å²) in [6.07, 6.45) is -3.06. The third-order valence-electron chi connectivity index (χ3n) is 3.45. The van der Waals surface area contributed by atoms with E-state index < -0.39 is 11.7 Å². The Balaban J connectivity index is 1.96. The average molecular weight is 289 g/mol. The Kier molecular flexibility index (Phi) is 4.79. The van der Waals surface area contributed by atoms with Crippen molar-refractivity contribution >= 4 is 11.8 Å². The predicted molar refractivity (Wildman–Crippen MR) is 73.3 cm³/mol. The van der Waals surface area contributed by atoms with Crippen LogP contribution in [-0.4, -0.2) is 18.1 Å². The fourth-order valence-electron chi connectivity index (χ4n) is 2.19. The van der Waals surface area contributed by atoms with E-state index in [9.17, 15) is 13.2 Å². The van der Waals surface area contributed by atoms with Crippen molar-refractivity contribution in [2.24, 2.45) is 5.92 Å². The quantitative estimate of drug-likeness (QED) is 0.895. The van der Waals surface area contributed by atoms with Crippen LogP contribution in [0.15, 0.2) is 24.3 Å². The number of nitrogens with one attached hydrogen (secondary N) is 1. The van der Waals surface area contributed by atoms with Gasteiger partial charge in [-0.2, -0.15) is 24.9 Å². The number of alkyl halides is 3. The lowest BCUT2D eigenvalue weighted by Crippen LogP contribution is -2.26. The molecule has 1 aliphatic rings. The van der Waals surface area contributed by atoms with Crippen molar-refractivity contribution in [3.8, 4) is 0 Å². The molecule has 0 aromatic heterocycles. The SMILES string of the molecule is CC(NCC1CCSC1)c1cccc(C(F)(F)F)c1. The smallest absolute Gasteiger partial charge is 0.310 e. The van der Waals surface area contributed by atoms with E-state index in [0.29, 0.717) is 11.5 Å². The Hall–Kier alpha value is -0.680. The summed E-state index contributed by atoms with van der Waals surface area (Å²) in [5, 5.41) is 3.34. The molecule has 106 valence electrons. The Morgan fingerprint density at radius 2 is 2.21 bits per heavy atom. The highest BCUT2D eigenvalue weighted by Gasteiger charge is 2.30. The van der Waals surface area contributed by atoms with E-state index in [1.54, 1.807) is 6.07 Å². The third-order valence-corrected chi connectivity index (χ3v) is 4.68. The zero-order chi connectivity index (χ0) is 13.9.